The van der Waals surface area contributed by atoms with Crippen LogP contribution in [0.3, 0.4) is 0 Å². The SMILES string of the molecule is CCOP(=O)(Cc1ccc2c(c1)C(CC)(CC)c1cc(CP(=O)(OCC)OCC)ccc1-2)OCC. The molecule has 0 N–H and O–H groups in total. The molecular formula is C27H40O6P2. The normalized spacial score (nSPS) is 14.7. The summed E-state index contributed by atoms with van der Waals surface area (Å²) in [6.45, 7) is 13.1. The molecule has 0 unspecified atom stereocenters. The van der Waals surface area contributed by atoms with Crippen LogP contribution in [0.5, 0.6) is 0 Å². The molecule has 0 spiro atoms. The fraction of sp³-hybridized carbons (Fsp3) is 0.556. The van der Waals surface area contributed by atoms with Gasteiger partial charge in [-0.15, -0.1) is 0 Å². The van der Waals surface area contributed by atoms with E-state index in [0.717, 1.165) is 24.0 Å². The van der Waals surface area contributed by atoms with Crippen molar-refractivity contribution < 1.29 is 27.2 Å². The molecule has 1 aliphatic rings. The van der Waals surface area contributed by atoms with Gasteiger partial charge in [0.2, 0.25) is 0 Å². The lowest BCUT2D eigenvalue weighted by Gasteiger charge is -2.30. The first-order valence-corrected chi connectivity index (χ1v) is 16.2. The molecule has 194 valence electrons. The van der Waals surface area contributed by atoms with E-state index in [1.807, 2.05) is 39.8 Å². The molecule has 0 atom stereocenters. The third-order valence-electron chi connectivity index (χ3n) is 6.75. The van der Waals surface area contributed by atoms with E-state index in [9.17, 15) is 9.13 Å². The van der Waals surface area contributed by atoms with Crippen LogP contribution in [0.2, 0.25) is 0 Å². The lowest BCUT2D eigenvalue weighted by Crippen LogP contribution is -2.23. The molecule has 0 bridgehead atoms. The second-order valence-corrected chi connectivity index (χ2v) is 12.9. The summed E-state index contributed by atoms with van der Waals surface area (Å²) < 4.78 is 48.6. The Kier molecular flexibility index (Phi) is 9.59. The highest BCUT2D eigenvalue weighted by Gasteiger charge is 2.41. The molecule has 8 heteroatoms. The van der Waals surface area contributed by atoms with Crippen LogP contribution in [0.15, 0.2) is 36.4 Å². The lowest BCUT2D eigenvalue weighted by molar-refractivity contribution is 0.218. The van der Waals surface area contributed by atoms with Crippen LogP contribution in [-0.2, 0) is 45.0 Å². The third kappa shape index (κ3) is 5.85. The van der Waals surface area contributed by atoms with E-state index in [4.69, 9.17) is 18.1 Å². The molecule has 0 saturated heterocycles. The fourth-order valence-electron chi connectivity index (χ4n) is 5.29. The number of hydrogen-bond acceptors (Lipinski definition) is 6. The highest BCUT2D eigenvalue weighted by Crippen LogP contribution is 2.57. The van der Waals surface area contributed by atoms with Gasteiger partial charge in [-0.2, -0.15) is 0 Å². The quantitative estimate of drug-likeness (QED) is 0.232. The van der Waals surface area contributed by atoms with Crippen molar-refractivity contribution in [3.05, 3.63) is 58.7 Å². The van der Waals surface area contributed by atoms with Crippen LogP contribution in [0.4, 0.5) is 0 Å². The largest absolute Gasteiger partial charge is 0.335 e. The van der Waals surface area contributed by atoms with E-state index in [2.05, 4.69) is 38.1 Å². The molecule has 3 rings (SSSR count). The van der Waals surface area contributed by atoms with E-state index >= 15 is 0 Å². The van der Waals surface area contributed by atoms with Crippen LogP contribution in [0.25, 0.3) is 11.1 Å². The van der Waals surface area contributed by atoms with Gasteiger partial charge in [0.15, 0.2) is 0 Å². The van der Waals surface area contributed by atoms with E-state index in [1.54, 1.807) is 0 Å². The van der Waals surface area contributed by atoms with Gasteiger partial charge in [-0.1, -0.05) is 50.2 Å². The first kappa shape index (κ1) is 28.3. The Morgan fingerprint density at radius 3 is 1.23 bits per heavy atom. The fourth-order valence-corrected chi connectivity index (χ4v) is 8.66. The van der Waals surface area contributed by atoms with Gasteiger partial charge in [0.25, 0.3) is 0 Å². The average Bonchev–Trinajstić information content (AvgIpc) is 3.08. The van der Waals surface area contributed by atoms with Gasteiger partial charge in [0.05, 0.1) is 38.8 Å². The molecule has 35 heavy (non-hydrogen) atoms. The zero-order chi connectivity index (χ0) is 25.7. The molecule has 0 fully saturated rings. The standard InChI is InChI=1S/C27H40O6P2/c1-7-27(8-2)25-17-21(19-34(28,30-9-3)31-10-4)13-15-23(25)24-16-14-22(18-26(24)27)20-35(29,32-11-5)33-12-6/h13-18H,7-12,19-20H2,1-6H3. The minimum absolute atomic E-state index is 0.181. The maximum Gasteiger partial charge on any atom is 0.335 e. The summed E-state index contributed by atoms with van der Waals surface area (Å²) >= 11 is 0. The average molecular weight is 523 g/mol. The topological polar surface area (TPSA) is 71.1 Å². The summed E-state index contributed by atoms with van der Waals surface area (Å²) in [6.07, 6.45) is 2.33. The highest BCUT2D eigenvalue weighted by atomic mass is 31.2. The smallest absolute Gasteiger partial charge is 0.309 e. The Bertz CT molecular complexity index is 1010. The molecule has 0 aliphatic heterocycles. The Morgan fingerprint density at radius 1 is 0.600 bits per heavy atom. The van der Waals surface area contributed by atoms with Crippen LogP contribution in [0, 0.1) is 0 Å². The van der Waals surface area contributed by atoms with Crippen molar-refractivity contribution in [1.29, 1.82) is 0 Å². The predicted octanol–water partition coefficient (Wildman–Crippen LogP) is 8.31. The van der Waals surface area contributed by atoms with Crippen molar-refractivity contribution in [2.45, 2.75) is 72.1 Å². The summed E-state index contributed by atoms with van der Waals surface area (Å²) in [5.41, 5.74) is 6.59. The second kappa shape index (κ2) is 11.9. The van der Waals surface area contributed by atoms with Crippen LogP contribution in [0.1, 0.15) is 76.6 Å². The summed E-state index contributed by atoms with van der Waals surface area (Å²) in [4.78, 5) is 0. The van der Waals surface area contributed by atoms with Crippen molar-refractivity contribution in [2.24, 2.45) is 0 Å². The van der Waals surface area contributed by atoms with Crippen molar-refractivity contribution in [3.63, 3.8) is 0 Å². The number of hydrogen-bond donors (Lipinski definition) is 0. The number of fused-ring (bicyclic) bond motifs is 3. The third-order valence-corrected chi connectivity index (χ3v) is 10.9. The molecule has 0 heterocycles. The van der Waals surface area contributed by atoms with Gasteiger partial charge in [-0.3, -0.25) is 9.13 Å². The van der Waals surface area contributed by atoms with E-state index in [1.165, 1.54) is 22.3 Å². The summed E-state index contributed by atoms with van der Waals surface area (Å²) in [6, 6.07) is 12.7. The Hall–Kier alpha value is -1.26. The van der Waals surface area contributed by atoms with E-state index < -0.39 is 15.2 Å². The van der Waals surface area contributed by atoms with Gasteiger partial charge in [0.1, 0.15) is 0 Å². The van der Waals surface area contributed by atoms with Crippen molar-refractivity contribution in [2.75, 3.05) is 26.4 Å². The monoisotopic (exact) mass is 522 g/mol. The first-order chi connectivity index (χ1) is 16.7. The minimum atomic E-state index is -3.20. The maximum absolute atomic E-state index is 13.2. The van der Waals surface area contributed by atoms with Gasteiger partial charge in [-0.05, 0) is 73.9 Å². The van der Waals surface area contributed by atoms with Crippen molar-refractivity contribution in [3.8, 4) is 11.1 Å². The Labute approximate surface area is 210 Å². The van der Waals surface area contributed by atoms with Crippen molar-refractivity contribution >= 4 is 15.2 Å². The predicted molar refractivity (Wildman–Crippen MR) is 142 cm³/mol. The first-order valence-electron chi connectivity index (χ1n) is 12.8. The summed E-state index contributed by atoms with van der Waals surface area (Å²) in [5, 5.41) is 0. The van der Waals surface area contributed by atoms with Gasteiger partial charge >= 0.3 is 15.2 Å². The van der Waals surface area contributed by atoms with Gasteiger partial charge in [0, 0.05) is 5.41 Å². The molecular weight excluding hydrogens is 482 g/mol. The van der Waals surface area contributed by atoms with E-state index in [-0.39, 0.29) is 17.7 Å². The summed E-state index contributed by atoms with van der Waals surface area (Å²) in [5.74, 6) is 0. The van der Waals surface area contributed by atoms with Crippen molar-refractivity contribution in [1.82, 2.24) is 0 Å². The van der Waals surface area contributed by atoms with Crippen LogP contribution >= 0.6 is 15.2 Å². The zero-order valence-corrected chi connectivity index (χ0v) is 23.8. The molecule has 2 aromatic rings. The minimum Gasteiger partial charge on any atom is -0.309 e. The molecule has 0 radical (unpaired) electrons. The number of rotatable bonds is 14. The maximum atomic E-state index is 13.2. The molecule has 2 aromatic carbocycles. The Morgan fingerprint density at radius 2 is 0.943 bits per heavy atom. The molecule has 6 nitrogen and oxygen atoms in total. The molecule has 0 saturated carbocycles. The second-order valence-electron chi connectivity index (χ2n) is 8.76. The van der Waals surface area contributed by atoms with Gasteiger partial charge in [-0.25, -0.2) is 0 Å². The van der Waals surface area contributed by atoms with Gasteiger partial charge < -0.3 is 18.1 Å². The summed E-state index contributed by atoms with van der Waals surface area (Å²) in [7, 11) is -6.40. The molecule has 1 aliphatic carbocycles. The highest BCUT2D eigenvalue weighted by molar-refractivity contribution is 7.53. The van der Waals surface area contributed by atoms with E-state index in [0.29, 0.717) is 26.4 Å². The van der Waals surface area contributed by atoms with Crippen LogP contribution in [-0.4, -0.2) is 26.4 Å². The number of benzene rings is 2. The van der Waals surface area contributed by atoms with Crippen LogP contribution < -0.4 is 0 Å². The molecule has 0 amide bonds. The lowest BCUT2D eigenvalue weighted by atomic mass is 9.73. The zero-order valence-electron chi connectivity index (χ0n) is 22.0. The Balaban J connectivity index is 2.04. The molecule has 0 aromatic heterocycles.